The molecule has 2 amide bonds. The maximum absolute atomic E-state index is 14.1. The van der Waals surface area contributed by atoms with Crippen molar-refractivity contribution in [3.05, 3.63) is 94.0 Å². The van der Waals surface area contributed by atoms with E-state index in [-0.39, 0.29) is 23.4 Å². The lowest BCUT2D eigenvalue weighted by molar-refractivity contribution is -0.140. The average molecular weight is 605 g/mol. The summed E-state index contributed by atoms with van der Waals surface area (Å²) < 4.78 is 28.9. The summed E-state index contributed by atoms with van der Waals surface area (Å²) >= 11 is 12.6. The van der Waals surface area contributed by atoms with Gasteiger partial charge in [0.1, 0.15) is 12.6 Å². The molecule has 2 atom stereocenters. The van der Waals surface area contributed by atoms with E-state index in [2.05, 4.69) is 5.32 Å². The van der Waals surface area contributed by atoms with Gasteiger partial charge in [-0.3, -0.25) is 13.9 Å². The third kappa shape index (κ3) is 7.56. The summed E-state index contributed by atoms with van der Waals surface area (Å²) in [5.74, 6) is -0.850. The van der Waals surface area contributed by atoms with Gasteiger partial charge < -0.3 is 10.2 Å². The second-order valence-electron chi connectivity index (χ2n) is 9.61. The van der Waals surface area contributed by atoms with Gasteiger partial charge in [0.2, 0.25) is 11.8 Å². The number of hydrogen-bond donors (Lipinski definition) is 1. The van der Waals surface area contributed by atoms with Gasteiger partial charge in [0, 0.05) is 22.6 Å². The molecule has 0 aliphatic heterocycles. The fourth-order valence-corrected chi connectivity index (χ4v) is 6.22. The minimum atomic E-state index is -4.16. The zero-order chi connectivity index (χ0) is 29.4. The Morgan fingerprint density at radius 3 is 2.17 bits per heavy atom. The number of hydrogen-bond acceptors (Lipinski definition) is 4. The molecule has 0 fully saturated rings. The largest absolute Gasteiger partial charge is 0.352 e. The van der Waals surface area contributed by atoms with Crippen LogP contribution in [0.5, 0.6) is 0 Å². The first-order chi connectivity index (χ1) is 19.0. The topological polar surface area (TPSA) is 86.8 Å². The molecule has 0 aliphatic rings. The summed E-state index contributed by atoms with van der Waals surface area (Å²) in [6.45, 7) is 6.90. The molecule has 0 radical (unpaired) electrons. The highest BCUT2D eigenvalue weighted by atomic mass is 35.5. The summed E-state index contributed by atoms with van der Waals surface area (Å²) in [6.07, 6.45) is 1.05. The number of rotatable bonds is 12. The van der Waals surface area contributed by atoms with Gasteiger partial charge >= 0.3 is 0 Å². The molecular formula is C30H35Cl2N3O4S. The maximum atomic E-state index is 14.1. The van der Waals surface area contributed by atoms with E-state index in [0.717, 1.165) is 10.7 Å². The van der Waals surface area contributed by atoms with Crippen LogP contribution in [0.25, 0.3) is 0 Å². The van der Waals surface area contributed by atoms with Gasteiger partial charge in [-0.1, -0.05) is 73.4 Å². The van der Waals surface area contributed by atoms with E-state index >= 15 is 0 Å². The minimum Gasteiger partial charge on any atom is -0.352 e. The van der Waals surface area contributed by atoms with Crippen molar-refractivity contribution in [2.24, 2.45) is 0 Å². The first-order valence-electron chi connectivity index (χ1n) is 13.2. The Labute approximate surface area is 247 Å². The molecule has 0 heterocycles. The monoisotopic (exact) mass is 603 g/mol. The molecule has 7 nitrogen and oxygen atoms in total. The van der Waals surface area contributed by atoms with E-state index in [0.29, 0.717) is 33.3 Å². The van der Waals surface area contributed by atoms with Crippen LogP contribution in [0.2, 0.25) is 10.0 Å². The molecule has 0 saturated heterocycles. The number of benzene rings is 3. The molecule has 214 valence electrons. The number of nitrogens with zero attached hydrogens (tertiary/aromatic N) is 2. The van der Waals surface area contributed by atoms with E-state index < -0.39 is 28.5 Å². The fourth-order valence-electron chi connectivity index (χ4n) is 4.30. The lowest BCUT2D eigenvalue weighted by atomic mass is 10.1. The zero-order valence-corrected chi connectivity index (χ0v) is 25.4. The van der Waals surface area contributed by atoms with Gasteiger partial charge in [-0.25, -0.2) is 8.42 Å². The Hall–Kier alpha value is -3.07. The van der Waals surface area contributed by atoms with Crippen molar-refractivity contribution in [3.63, 3.8) is 0 Å². The Kier molecular flexibility index (Phi) is 11.0. The number of sulfonamides is 1. The van der Waals surface area contributed by atoms with Crippen molar-refractivity contribution in [1.82, 2.24) is 10.2 Å². The fraction of sp³-hybridized carbons (Fsp3) is 0.333. The van der Waals surface area contributed by atoms with Gasteiger partial charge in [0.15, 0.2) is 0 Å². The molecule has 1 N–H and O–H groups in total. The van der Waals surface area contributed by atoms with Crippen molar-refractivity contribution in [3.8, 4) is 0 Å². The number of nitrogens with one attached hydrogen (secondary N) is 1. The molecule has 3 aromatic rings. The normalized spacial score (nSPS) is 12.8. The lowest BCUT2D eigenvalue weighted by Crippen LogP contribution is -2.53. The summed E-state index contributed by atoms with van der Waals surface area (Å²) in [7, 11) is -4.16. The predicted molar refractivity (Wildman–Crippen MR) is 161 cm³/mol. The first-order valence-corrected chi connectivity index (χ1v) is 15.4. The molecule has 0 bridgehead atoms. The molecular weight excluding hydrogens is 569 g/mol. The van der Waals surface area contributed by atoms with Crippen LogP contribution < -0.4 is 9.62 Å². The van der Waals surface area contributed by atoms with E-state index in [1.807, 2.05) is 20.8 Å². The Morgan fingerprint density at radius 2 is 1.57 bits per heavy atom. The summed E-state index contributed by atoms with van der Waals surface area (Å²) in [5.41, 5.74) is 1.54. The average Bonchev–Trinajstić information content (AvgIpc) is 2.93. The molecule has 3 aromatic carbocycles. The molecule has 40 heavy (non-hydrogen) atoms. The summed E-state index contributed by atoms with van der Waals surface area (Å²) in [5, 5.41) is 3.85. The smallest absolute Gasteiger partial charge is 0.264 e. The second-order valence-corrected chi connectivity index (χ2v) is 12.3. The standard InChI is InChI=1S/C30H35Cl2N3O4S/c1-5-22(4)33-30(37)27(6-2)34(19-23-12-10-11-15-26(23)32)29(36)20-35(28-17-16-24(31)18-21(28)3)40(38,39)25-13-8-7-9-14-25/h7-18,22,27H,5-6,19-20H2,1-4H3,(H,33,37)/t22-,27+/m1/s1. The second kappa shape index (κ2) is 14.0. The number of carbonyl (C=O) groups excluding carboxylic acids is 2. The Bertz CT molecular complexity index is 1430. The Morgan fingerprint density at radius 1 is 0.925 bits per heavy atom. The van der Waals surface area contributed by atoms with Crippen LogP contribution in [0.1, 0.15) is 44.7 Å². The van der Waals surface area contributed by atoms with E-state index in [1.165, 1.54) is 17.0 Å². The number of aryl methyl sites for hydroxylation is 1. The van der Waals surface area contributed by atoms with E-state index in [1.54, 1.807) is 67.6 Å². The molecule has 0 aliphatic carbocycles. The zero-order valence-electron chi connectivity index (χ0n) is 23.1. The molecule has 0 unspecified atom stereocenters. The van der Waals surface area contributed by atoms with E-state index in [4.69, 9.17) is 23.2 Å². The summed E-state index contributed by atoms with van der Waals surface area (Å²) in [6, 6.07) is 18.9. The SMILES string of the molecule is CC[C@@H](C)NC(=O)[C@H](CC)N(Cc1ccccc1Cl)C(=O)CN(c1ccc(Cl)cc1C)S(=O)(=O)c1ccccc1. The van der Waals surface area contributed by atoms with Crippen molar-refractivity contribution in [2.45, 2.75) is 64.1 Å². The van der Waals surface area contributed by atoms with Gasteiger partial charge in [-0.05, 0) is 74.2 Å². The van der Waals surface area contributed by atoms with Crippen LogP contribution in [0.15, 0.2) is 77.7 Å². The molecule has 0 aromatic heterocycles. The molecule has 3 rings (SSSR count). The molecule has 0 saturated carbocycles. The highest BCUT2D eigenvalue weighted by molar-refractivity contribution is 7.92. The third-order valence-corrected chi connectivity index (χ3v) is 9.10. The summed E-state index contributed by atoms with van der Waals surface area (Å²) in [4.78, 5) is 28.9. The van der Waals surface area contributed by atoms with Crippen LogP contribution in [-0.2, 0) is 26.2 Å². The van der Waals surface area contributed by atoms with Crippen LogP contribution in [0.3, 0.4) is 0 Å². The lowest BCUT2D eigenvalue weighted by Gasteiger charge is -2.34. The number of amides is 2. The maximum Gasteiger partial charge on any atom is 0.264 e. The van der Waals surface area contributed by atoms with Gasteiger partial charge in [-0.15, -0.1) is 0 Å². The highest BCUT2D eigenvalue weighted by Crippen LogP contribution is 2.30. The molecule has 0 spiro atoms. The number of carbonyl (C=O) groups is 2. The van der Waals surface area contributed by atoms with Gasteiger partial charge in [0.05, 0.1) is 10.6 Å². The minimum absolute atomic E-state index is 0.0315. The van der Waals surface area contributed by atoms with Crippen molar-refractivity contribution < 1.29 is 18.0 Å². The molecule has 10 heteroatoms. The van der Waals surface area contributed by atoms with Crippen LogP contribution >= 0.6 is 23.2 Å². The predicted octanol–water partition coefficient (Wildman–Crippen LogP) is 6.22. The van der Waals surface area contributed by atoms with Crippen LogP contribution in [-0.4, -0.2) is 43.8 Å². The highest BCUT2D eigenvalue weighted by Gasteiger charge is 2.34. The first kappa shape index (κ1) is 31.5. The van der Waals surface area contributed by atoms with Crippen molar-refractivity contribution in [1.29, 1.82) is 0 Å². The van der Waals surface area contributed by atoms with Crippen molar-refractivity contribution >= 4 is 50.7 Å². The third-order valence-electron chi connectivity index (χ3n) is 6.72. The number of anilines is 1. The van der Waals surface area contributed by atoms with Gasteiger partial charge in [0.25, 0.3) is 10.0 Å². The van der Waals surface area contributed by atoms with E-state index in [9.17, 15) is 18.0 Å². The van der Waals surface area contributed by atoms with Crippen molar-refractivity contribution in [2.75, 3.05) is 10.8 Å². The van der Waals surface area contributed by atoms with Gasteiger partial charge in [-0.2, -0.15) is 0 Å². The quantitative estimate of drug-likeness (QED) is 0.266. The Balaban J connectivity index is 2.09. The van der Waals surface area contributed by atoms with Crippen LogP contribution in [0.4, 0.5) is 5.69 Å². The van der Waals surface area contributed by atoms with Crippen LogP contribution in [0, 0.1) is 6.92 Å². The number of halogens is 2.